The third-order valence-electron chi connectivity index (χ3n) is 4.01. The standard InChI is InChI=1S/C21H17F2N3O3/c1-29-15-8-5-13(6-9-15)12-24-20(27)18-3-2-4-19(25-18)21(28)26-17-10-7-14(22)11-16(17)23/h2-11H,12H2,1H3,(H,24,27)(H,26,28). The van der Waals surface area contributed by atoms with E-state index in [0.29, 0.717) is 11.8 Å². The second kappa shape index (κ2) is 8.92. The molecule has 0 unspecified atom stereocenters. The molecule has 0 saturated carbocycles. The molecule has 8 heteroatoms. The van der Waals surface area contributed by atoms with Crippen molar-refractivity contribution in [2.45, 2.75) is 6.54 Å². The van der Waals surface area contributed by atoms with Gasteiger partial charge in [0.15, 0.2) is 0 Å². The summed E-state index contributed by atoms with van der Waals surface area (Å²) in [4.78, 5) is 28.6. The zero-order valence-corrected chi connectivity index (χ0v) is 15.4. The molecular weight excluding hydrogens is 380 g/mol. The van der Waals surface area contributed by atoms with Gasteiger partial charge < -0.3 is 15.4 Å². The lowest BCUT2D eigenvalue weighted by Gasteiger charge is -2.08. The lowest BCUT2D eigenvalue weighted by atomic mass is 10.2. The Labute approximate surface area is 165 Å². The van der Waals surface area contributed by atoms with Crippen molar-refractivity contribution in [3.8, 4) is 5.75 Å². The maximum Gasteiger partial charge on any atom is 0.274 e. The van der Waals surface area contributed by atoms with Crippen LogP contribution in [0, 0.1) is 11.6 Å². The zero-order chi connectivity index (χ0) is 20.8. The Bertz CT molecular complexity index is 1040. The van der Waals surface area contributed by atoms with Crippen molar-refractivity contribution in [1.29, 1.82) is 0 Å². The van der Waals surface area contributed by atoms with Crippen LogP contribution in [0.2, 0.25) is 0 Å². The van der Waals surface area contributed by atoms with Crippen LogP contribution in [0.5, 0.6) is 5.75 Å². The molecule has 0 spiro atoms. The Kier molecular flexibility index (Phi) is 6.13. The summed E-state index contributed by atoms with van der Waals surface area (Å²) in [5.41, 5.74) is 0.629. The number of amides is 2. The SMILES string of the molecule is COc1ccc(CNC(=O)c2cccc(C(=O)Nc3ccc(F)cc3F)n2)cc1. The average molecular weight is 397 g/mol. The number of benzene rings is 2. The van der Waals surface area contributed by atoms with Gasteiger partial charge in [-0.2, -0.15) is 0 Å². The number of pyridine rings is 1. The summed E-state index contributed by atoms with van der Waals surface area (Å²) in [6, 6.07) is 14.3. The number of carbonyl (C=O) groups excluding carboxylic acids is 2. The summed E-state index contributed by atoms with van der Waals surface area (Å²) in [5, 5.41) is 5.01. The van der Waals surface area contributed by atoms with Crippen molar-refractivity contribution in [3.63, 3.8) is 0 Å². The zero-order valence-electron chi connectivity index (χ0n) is 15.4. The van der Waals surface area contributed by atoms with E-state index in [1.165, 1.54) is 18.2 Å². The van der Waals surface area contributed by atoms with E-state index in [0.717, 1.165) is 17.7 Å². The molecule has 0 bridgehead atoms. The van der Waals surface area contributed by atoms with E-state index in [1.807, 2.05) is 12.1 Å². The first-order chi connectivity index (χ1) is 14.0. The van der Waals surface area contributed by atoms with E-state index in [-0.39, 0.29) is 23.6 Å². The Morgan fingerprint density at radius 1 is 0.966 bits per heavy atom. The molecule has 1 aromatic heterocycles. The van der Waals surface area contributed by atoms with Crippen molar-refractivity contribution < 1.29 is 23.1 Å². The summed E-state index contributed by atoms with van der Waals surface area (Å²) in [7, 11) is 1.57. The molecule has 148 valence electrons. The molecule has 0 aliphatic rings. The van der Waals surface area contributed by atoms with Gasteiger partial charge in [-0.1, -0.05) is 18.2 Å². The fourth-order valence-electron chi connectivity index (χ4n) is 2.48. The Balaban J connectivity index is 1.65. The van der Waals surface area contributed by atoms with Crippen molar-refractivity contribution in [3.05, 3.63) is 89.2 Å². The van der Waals surface area contributed by atoms with Crippen molar-refractivity contribution >= 4 is 17.5 Å². The highest BCUT2D eigenvalue weighted by Crippen LogP contribution is 2.16. The number of anilines is 1. The Morgan fingerprint density at radius 2 is 1.66 bits per heavy atom. The van der Waals surface area contributed by atoms with Crippen LogP contribution in [0.15, 0.2) is 60.7 Å². The van der Waals surface area contributed by atoms with Gasteiger partial charge in [-0.05, 0) is 42.0 Å². The first-order valence-electron chi connectivity index (χ1n) is 8.61. The number of ether oxygens (including phenoxy) is 1. The molecule has 0 aliphatic carbocycles. The molecule has 3 aromatic rings. The third kappa shape index (κ3) is 5.13. The minimum Gasteiger partial charge on any atom is -0.497 e. The summed E-state index contributed by atoms with van der Waals surface area (Å²) in [5.74, 6) is -2.15. The van der Waals surface area contributed by atoms with Gasteiger partial charge in [0.05, 0.1) is 12.8 Å². The molecule has 0 aliphatic heterocycles. The highest BCUT2D eigenvalue weighted by Gasteiger charge is 2.14. The van der Waals surface area contributed by atoms with Crippen molar-refractivity contribution in [1.82, 2.24) is 10.3 Å². The van der Waals surface area contributed by atoms with Gasteiger partial charge in [0.2, 0.25) is 0 Å². The monoisotopic (exact) mass is 397 g/mol. The quantitative estimate of drug-likeness (QED) is 0.667. The molecular formula is C21H17F2N3O3. The fraction of sp³-hybridized carbons (Fsp3) is 0.0952. The number of hydrogen-bond donors (Lipinski definition) is 2. The predicted molar refractivity (Wildman–Crippen MR) is 103 cm³/mol. The fourth-order valence-corrected chi connectivity index (χ4v) is 2.48. The summed E-state index contributed by atoms with van der Waals surface area (Å²) >= 11 is 0. The first kappa shape index (κ1) is 19.9. The van der Waals surface area contributed by atoms with Crippen molar-refractivity contribution in [2.24, 2.45) is 0 Å². The number of rotatable bonds is 6. The molecule has 3 rings (SSSR count). The highest BCUT2D eigenvalue weighted by molar-refractivity contribution is 6.03. The number of aromatic nitrogens is 1. The molecule has 2 N–H and O–H groups in total. The van der Waals surface area contributed by atoms with Crippen LogP contribution < -0.4 is 15.4 Å². The summed E-state index contributed by atoms with van der Waals surface area (Å²) < 4.78 is 31.7. The van der Waals surface area contributed by atoms with Gasteiger partial charge in [0.1, 0.15) is 28.8 Å². The van der Waals surface area contributed by atoms with E-state index < -0.39 is 23.4 Å². The van der Waals surface area contributed by atoms with Crippen LogP contribution in [0.1, 0.15) is 26.5 Å². The number of carbonyl (C=O) groups is 2. The largest absolute Gasteiger partial charge is 0.497 e. The normalized spacial score (nSPS) is 10.3. The highest BCUT2D eigenvalue weighted by atomic mass is 19.1. The number of nitrogens with one attached hydrogen (secondary N) is 2. The van der Waals surface area contributed by atoms with Crippen molar-refractivity contribution in [2.75, 3.05) is 12.4 Å². The lowest BCUT2D eigenvalue weighted by Crippen LogP contribution is -2.25. The lowest BCUT2D eigenvalue weighted by molar-refractivity contribution is 0.0945. The van der Waals surface area contributed by atoms with Crippen LogP contribution >= 0.6 is 0 Å². The predicted octanol–water partition coefficient (Wildman–Crippen LogP) is 3.55. The summed E-state index contributed by atoms with van der Waals surface area (Å²) in [6.45, 7) is 0.266. The number of nitrogens with zero attached hydrogens (tertiary/aromatic N) is 1. The molecule has 0 saturated heterocycles. The maximum atomic E-state index is 13.7. The van der Waals surface area contributed by atoms with E-state index in [1.54, 1.807) is 19.2 Å². The van der Waals surface area contributed by atoms with E-state index in [4.69, 9.17) is 4.74 Å². The third-order valence-corrected chi connectivity index (χ3v) is 4.01. The maximum absolute atomic E-state index is 13.7. The molecule has 0 fully saturated rings. The minimum atomic E-state index is -0.910. The minimum absolute atomic E-state index is 0.0331. The molecule has 29 heavy (non-hydrogen) atoms. The van der Waals surface area contributed by atoms with E-state index in [9.17, 15) is 18.4 Å². The van der Waals surface area contributed by atoms with Crippen LogP contribution in [0.4, 0.5) is 14.5 Å². The van der Waals surface area contributed by atoms with Crippen LogP contribution in [0.25, 0.3) is 0 Å². The number of hydrogen-bond acceptors (Lipinski definition) is 4. The Hall–Kier alpha value is -3.81. The molecule has 2 aromatic carbocycles. The number of halogens is 2. The van der Waals surface area contributed by atoms with Crippen LogP contribution in [-0.2, 0) is 6.54 Å². The van der Waals surface area contributed by atoms with Gasteiger partial charge in [-0.3, -0.25) is 9.59 Å². The molecule has 6 nitrogen and oxygen atoms in total. The molecule has 2 amide bonds. The van der Waals surface area contributed by atoms with Gasteiger partial charge >= 0.3 is 0 Å². The van der Waals surface area contributed by atoms with Crippen LogP contribution in [0.3, 0.4) is 0 Å². The van der Waals surface area contributed by atoms with Gasteiger partial charge in [-0.25, -0.2) is 13.8 Å². The van der Waals surface area contributed by atoms with Crippen LogP contribution in [-0.4, -0.2) is 23.9 Å². The average Bonchev–Trinajstić information content (AvgIpc) is 2.74. The topological polar surface area (TPSA) is 80.3 Å². The van der Waals surface area contributed by atoms with E-state index >= 15 is 0 Å². The smallest absolute Gasteiger partial charge is 0.274 e. The second-order valence-electron chi connectivity index (χ2n) is 6.02. The van der Waals surface area contributed by atoms with Gasteiger partial charge in [0.25, 0.3) is 11.8 Å². The number of methoxy groups -OCH3 is 1. The second-order valence-corrected chi connectivity index (χ2v) is 6.02. The molecule has 0 atom stereocenters. The Morgan fingerprint density at radius 3 is 2.31 bits per heavy atom. The molecule has 0 radical (unpaired) electrons. The first-order valence-corrected chi connectivity index (χ1v) is 8.61. The van der Waals surface area contributed by atoms with Gasteiger partial charge in [0, 0.05) is 12.6 Å². The van der Waals surface area contributed by atoms with E-state index in [2.05, 4.69) is 15.6 Å². The van der Waals surface area contributed by atoms with Gasteiger partial charge in [-0.15, -0.1) is 0 Å². The molecule has 1 heterocycles. The summed E-state index contributed by atoms with van der Waals surface area (Å²) in [6.07, 6.45) is 0.